The van der Waals surface area contributed by atoms with Gasteiger partial charge in [0, 0.05) is 19.0 Å². The molecule has 2 rings (SSSR count). The highest BCUT2D eigenvalue weighted by Gasteiger charge is 2.41. The predicted octanol–water partition coefficient (Wildman–Crippen LogP) is 2.53. The number of piperidine rings is 1. The third kappa shape index (κ3) is 2.93. The Morgan fingerprint density at radius 1 is 1.21 bits per heavy atom. The lowest BCUT2D eigenvalue weighted by Crippen LogP contribution is -2.51. The predicted molar refractivity (Wildman–Crippen MR) is 72.7 cm³/mol. The van der Waals surface area contributed by atoms with Crippen molar-refractivity contribution in [2.24, 2.45) is 17.3 Å². The molecule has 1 N–H and O–H groups in total. The first-order chi connectivity index (χ1) is 8.94. The van der Waals surface area contributed by atoms with Gasteiger partial charge in [-0.25, -0.2) is 0 Å². The average Bonchev–Trinajstić information content (AvgIpc) is 2.38. The van der Waals surface area contributed by atoms with Crippen molar-refractivity contribution in [2.45, 2.75) is 52.4 Å². The number of rotatable bonds is 2. The summed E-state index contributed by atoms with van der Waals surface area (Å²) in [4.78, 5) is 25.8. The van der Waals surface area contributed by atoms with E-state index in [9.17, 15) is 14.7 Å². The van der Waals surface area contributed by atoms with E-state index >= 15 is 0 Å². The average molecular weight is 267 g/mol. The van der Waals surface area contributed by atoms with Crippen LogP contribution < -0.4 is 0 Å². The number of aliphatic carboxylic acids is 1. The van der Waals surface area contributed by atoms with Crippen molar-refractivity contribution in [3.8, 4) is 0 Å². The number of carbonyl (C=O) groups excluding carboxylic acids is 1. The van der Waals surface area contributed by atoms with E-state index in [-0.39, 0.29) is 11.8 Å². The number of carboxylic acids is 1. The number of carbonyl (C=O) groups is 2. The summed E-state index contributed by atoms with van der Waals surface area (Å²) in [6, 6.07) is 0. The maximum atomic E-state index is 12.6. The van der Waals surface area contributed by atoms with Gasteiger partial charge < -0.3 is 10.0 Å². The van der Waals surface area contributed by atoms with Gasteiger partial charge in [0.2, 0.25) is 5.91 Å². The van der Waals surface area contributed by atoms with Crippen molar-refractivity contribution < 1.29 is 14.7 Å². The Balaban J connectivity index is 2.04. The molecule has 108 valence electrons. The van der Waals surface area contributed by atoms with Gasteiger partial charge in [-0.3, -0.25) is 9.59 Å². The zero-order chi connectivity index (χ0) is 14.0. The Kier molecular flexibility index (Phi) is 4.16. The molecule has 1 heterocycles. The van der Waals surface area contributed by atoms with Crippen LogP contribution >= 0.6 is 0 Å². The van der Waals surface area contributed by atoms with Gasteiger partial charge >= 0.3 is 5.97 Å². The molecule has 1 aliphatic carbocycles. The van der Waals surface area contributed by atoms with E-state index in [1.807, 2.05) is 4.90 Å². The van der Waals surface area contributed by atoms with Crippen LogP contribution in [0, 0.1) is 17.3 Å². The van der Waals surface area contributed by atoms with Crippen LogP contribution in [0.1, 0.15) is 52.4 Å². The van der Waals surface area contributed by atoms with Gasteiger partial charge in [-0.05, 0) is 38.5 Å². The molecule has 2 aliphatic rings. The molecule has 2 fully saturated rings. The summed E-state index contributed by atoms with van der Waals surface area (Å²) in [6.45, 7) is 5.02. The summed E-state index contributed by atoms with van der Waals surface area (Å²) in [5, 5.41) is 9.32. The smallest absolute Gasteiger partial charge is 0.311 e. The molecular formula is C15H25NO3. The van der Waals surface area contributed by atoms with E-state index in [0.717, 1.165) is 32.2 Å². The highest BCUT2D eigenvalue weighted by Crippen LogP contribution is 2.35. The molecule has 4 nitrogen and oxygen atoms in total. The molecule has 1 saturated carbocycles. The lowest BCUT2D eigenvalue weighted by Gasteiger charge is -2.40. The van der Waals surface area contributed by atoms with Crippen molar-refractivity contribution in [1.29, 1.82) is 0 Å². The van der Waals surface area contributed by atoms with Crippen molar-refractivity contribution >= 4 is 11.9 Å². The quantitative estimate of drug-likeness (QED) is 0.836. The molecule has 0 aromatic rings. The van der Waals surface area contributed by atoms with Crippen molar-refractivity contribution in [2.75, 3.05) is 13.1 Å². The van der Waals surface area contributed by atoms with Crippen LogP contribution in [0.2, 0.25) is 0 Å². The van der Waals surface area contributed by atoms with E-state index in [2.05, 4.69) is 6.92 Å². The summed E-state index contributed by atoms with van der Waals surface area (Å²) < 4.78 is 0. The molecule has 0 bridgehead atoms. The second-order valence-electron chi connectivity index (χ2n) is 6.60. The van der Waals surface area contributed by atoms with E-state index in [0.29, 0.717) is 18.9 Å². The monoisotopic (exact) mass is 267 g/mol. The van der Waals surface area contributed by atoms with Crippen molar-refractivity contribution in [1.82, 2.24) is 4.90 Å². The number of likely N-dealkylation sites (tertiary alicyclic amines) is 1. The first-order valence-electron chi connectivity index (χ1n) is 7.46. The van der Waals surface area contributed by atoms with Crippen LogP contribution in [-0.4, -0.2) is 35.0 Å². The standard InChI is InChI=1S/C15H25NO3/c1-11-6-3-4-7-12(11)13(17)16-9-5-8-15(2,10-16)14(18)19/h11-12H,3-10H2,1-2H3,(H,18,19). The largest absolute Gasteiger partial charge is 0.481 e. The molecule has 1 amide bonds. The number of hydrogen-bond donors (Lipinski definition) is 1. The molecule has 3 unspecified atom stereocenters. The second-order valence-corrected chi connectivity index (χ2v) is 6.60. The minimum Gasteiger partial charge on any atom is -0.481 e. The molecule has 0 spiro atoms. The van der Waals surface area contributed by atoms with Gasteiger partial charge in [0.15, 0.2) is 0 Å². The molecule has 4 heteroatoms. The molecule has 1 saturated heterocycles. The SMILES string of the molecule is CC1CCCCC1C(=O)N1CCCC(C)(C(=O)O)C1. The summed E-state index contributed by atoms with van der Waals surface area (Å²) >= 11 is 0. The number of carboxylic acid groups (broad SMARTS) is 1. The summed E-state index contributed by atoms with van der Waals surface area (Å²) in [5.41, 5.74) is -0.758. The topological polar surface area (TPSA) is 57.6 Å². The highest BCUT2D eigenvalue weighted by molar-refractivity contribution is 5.81. The van der Waals surface area contributed by atoms with Crippen molar-refractivity contribution in [3.63, 3.8) is 0 Å². The molecule has 0 aromatic carbocycles. The summed E-state index contributed by atoms with van der Waals surface area (Å²) in [5.74, 6) is -0.0229. The van der Waals surface area contributed by atoms with Crippen molar-refractivity contribution in [3.05, 3.63) is 0 Å². The zero-order valence-electron chi connectivity index (χ0n) is 12.0. The van der Waals surface area contributed by atoms with Crippen LogP contribution in [0.3, 0.4) is 0 Å². The second kappa shape index (κ2) is 5.51. The first kappa shape index (κ1) is 14.4. The Hall–Kier alpha value is -1.06. The van der Waals surface area contributed by atoms with Crippen LogP contribution in [0.15, 0.2) is 0 Å². The zero-order valence-corrected chi connectivity index (χ0v) is 12.0. The third-order valence-electron chi connectivity index (χ3n) is 4.95. The Morgan fingerprint density at radius 2 is 1.89 bits per heavy atom. The van der Waals surface area contributed by atoms with Crippen LogP contribution in [0.25, 0.3) is 0 Å². The van der Waals surface area contributed by atoms with Gasteiger partial charge in [-0.2, -0.15) is 0 Å². The molecule has 0 radical (unpaired) electrons. The Labute approximate surface area is 115 Å². The Morgan fingerprint density at radius 3 is 2.53 bits per heavy atom. The lowest BCUT2D eigenvalue weighted by molar-refractivity contribution is -0.155. The number of nitrogens with zero attached hydrogens (tertiary/aromatic N) is 1. The molecule has 1 aliphatic heterocycles. The fraction of sp³-hybridized carbons (Fsp3) is 0.867. The van der Waals surface area contributed by atoms with Crippen LogP contribution in [0.5, 0.6) is 0 Å². The highest BCUT2D eigenvalue weighted by atomic mass is 16.4. The fourth-order valence-electron chi connectivity index (χ4n) is 3.52. The minimum atomic E-state index is -0.776. The molecular weight excluding hydrogens is 242 g/mol. The van der Waals surface area contributed by atoms with E-state index in [1.54, 1.807) is 6.92 Å². The maximum absolute atomic E-state index is 12.6. The lowest BCUT2D eigenvalue weighted by atomic mass is 9.77. The van der Waals surface area contributed by atoms with Gasteiger partial charge in [-0.1, -0.05) is 19.8 Å². The van der Waals surface area contributed by atoms with E-state index < -0.39 is 11.4 Å². The van der Waals surface area contributed by atoms with Crippen LogP contribution in [-0.2, 0) is 9.59 Å². The third-order valence-corrected chi connectivity index (χ3v) is 4.95. The normalized spacial score (nSPS) is 36.0. The summed E-state index contributed by atoms with van der Waals surface area (Å²) in [6.07, 6.45) is 5.92. The summed E-state index contributed by atoms with van der Waals surface area (Å²) in [7, 11) is 0. The fourth-order valence-corrected chi connectivity index (χ4v) is 3.52. The van der Waals surface area contributed by atoms with Gasteiger partial charge in [-0.15, -0.1) is 0 Å². The van der Waals surface area contributed by atoms with Gasteiger partial charge in [0.1, 0.15) is 0 Å². The molecule has 0 aromatic heterocycles. The van der Waals surface area contributed by atoms with Gasteiger partial charge in [0.05, 0.1) is 5.41 Å². The van der Waals surface area contributed by atoms with Crippen LogP contribution in [0.4, 0.5) is 0 Å². The maximum Gasteiger partial charge on any atom is 0.311 e. The minimum absolute atomic E-state index is 0.116. The van der Waals surface area contributed by atoms with E-state index in [1.165, 1.54) is 6.42 Å². The molecule has 3 atom stereocenters. The molecule has 19 heavy (non-hydrogen) atoms. The van der Waals surface area contributed by atoms with Gasteiger partial charge in [0.25, 0.3) is 0 Å². The number of hydrogen-bond acceptors (Lipinski definition) is 2. The number of amides is 1. The Bertz CT molecular complexity index is 368. The first-order valence-corrected chi connectivity index (χ1v) is 7.46. The van der Waals surface area contributed by atoms with E-state index in [4.69, 9.17) is 0 Å².